The lowest BCUT2D eigenvalue weighted by Crippen LogP contribution is -2.36. The number of rotatable bonds is 9. The highest BCUT2D eigenvalue weighted by Crippen LogP contribution is 2.45. The van der Waals surface area contributed by atoms with Crippen molar-refractivity contribution in [1.29, 1.82) is 0 Å². The van der Waals surface area contributed by atoms with Crippen molar-refractivity contribution in [2.45, 2.75) is 36.5 Å². The minimum atomic E-state index is -0.231. The van der Waals surface area contributed by atoms with E-state index in [0.717, 1.165) is 56.4 Å². The second-order valence-electron chi connectivity index (χ2n) is 10.9. The summed E-state index contributed by atoms with van der Waals surface area (Å²) < 4.78 is 29.8. The van der Waals surface area contributed by atoms with E-state index in [-0.39, 0.29) is 28.2 Å². The highest BCUT2D eigenvalue weighted by atomic mass is 32.2. The molecular weight excluding hydrogens is 530 g/mol. The van der Waals surface area contributed by atoms with Gasteiger partial charge in [-0.3, -0.25) is 4.31 Å². The number of halogens is 2. The normalized spacial score (nSPS) is 18.0. The molecule has 0 N–H and O–H groups in total. The van der Waals surface area contributed by atoms with Crippen LogP contribution in [0.1, 0.15) is 42.7 Å². The molecule has 0 saturated carbocycles. The SMILES string of the molecule is Fc1ccc(C(CCCN2CCC(C3=CC=S(c4ccccc4)N3c3ccccc3)CC2)c2ccc(F)cc2)cc1. The number of hydrogen-bond donors (Lipinski definition) is 0. The molecule has 2 heterocycles. The molecule has 0 spiro atoms. The van der Waals surface area contributed by atoms with Crippen LogP contribution in [0.4, 0.5) is 14.5 Å². The zero-order valence-electron chi connectivity index (χ0n) is 23.2. The lowest BCUT2D eigenvalue weighted by molar-refractivity contribution is 0.195. The highest BCUT2D eigenvalue weighted by Gasteiger charge is 2.30. The van der Waals surface area contributed by atoms with Gasteiger partial charge in [0.1, 0.15) is 11.6 Å². The van der Waals surface area contributed by atoms with Gasteiger partial charge in [0.05, 0.1) is 5.69 Å². The molecule has 1 atom stereocenters. The lowest BCUT2D eigenvalue weighted by atomic mass is 9.87. The quantitative estimate of drug-likeness (QED) is 0.187. The summed E-state index contributed by atoms with van der Waals surface area (Å²) in [4.78, 5) is 3.93. The summed E-state index contributed by atoms with van der Waals surface area (Å²) in [5.74, 6) is 0.204. The van der Waals surface area contributed by atoms with Crippen molar-refractivity contribution in [2.75, 3.05) is 23.9 Å². The number of anilines is 1. The van der Waals surface area contributed by atoms with Crippen LogP contribution in [0.25, 0.3) is 0 Å². The summed E-state index contributed by atoms with van der Waals surface area (Å²) in [5, 5.41) is 2.38. The fraction of sp³-hybridized carbons (Fsp3) is 0.250. The number of para-hydroxylation sites is 1. The van der Waals surface area contributed by atoms with Gasteiger partial charge in [0.15, 0.2) is 0 Å². The van der Waals surface area contributed by atoms with Crippen molar-refractivity contribution < 1.29 is 8.78 Å². The van der Waals surface area contributed by atoms with Crippen LogP contribution in [0.5, 0.6) is 0 Å². The zero-order valence-corrected chi connectivity index (χ0v) is 24.0. The van der Waals surface area contributed by atoms with Gasteiger partial charge in [-0.05, 0) is 116 Å². The van der Waals surface area contributed by atoms with Crippen molar-refractivity contribution in [3.8, 4) is 0 Å². The summed E-state index contributed by atoms with van der Waals surface area (Å²) in [7, 11) is -0.114. The molecule has 1 saturated heterocycles. The van der Waals surface area contributed by atoms with Crippen LogP contribution in [0.3, 0.4) is 0 Å². The van der Waals surface area contributed by atoms with Gasteiger partial charge in [-0.15, -0.1) is 0 Å². The van der Waals surface area contributed by atoms with Gasteiger partial charge < -0.3 is 4.90 Å². The Hall–Kier alpha value is -3.54. The standard InChI is InChI=1S/C36H36F2N2S/c37-31-17-13-28(14-18-31)35(29-15-19-32(38)20-16-29)12-7-24-39-25-21-30(22-26-39)36-23-27-41(34-10-5-2-6-11-34)40(36)33-8-3-1-4-9-33/h1-6,8-11,13-20,23,27,30,35H,7,12,21-22,24-26H2. The lowest BCUT2D eigenvalue weighted by Gasteiger charge is -2.37. The number of likely N-dealkylation sites (tertiary alicyclic amines) is 1. The Kier molecular flexibility index (Phi) is 8.74. The minimum absolute atomic E-state index is 0.114. The van der Waals surface area contributed by atoms with Gasteiger partial charge in [0.2, 0.25) is 0 Å². The minimum Gasteiger partial charge on any atom is -0.303 e. The van der Waals surface area contributed by atoms with Crippen LogP contribution in [-0.4, -0.2) is 29.9 Å². The zero-order chi connectivity index (χ0) is 28.0. The Morgan fingerprint density at radius 3 is 1.85 bits per heavy atom. The molecule has 0 aliphatic carbocycles. The Morgan fingerprint density at radius 2 is 1.27 bits per heavy atom. The molecule has 4 aromatic rings. The summed E-state index contributed by atoms with van der Waals surface area (Å²) in [5.41, 5.74) is 4.86. The molecule has 210 valence electrons. The number of allylic oxidation sites excluding steroid dienone is 2. The fourth-order valence-electron chi connectivity index (χ4n) is 6.14. The first-order chi connectivity index (χ1) is 20.2. The van der Waals surface area contributed by atoms with Crippen LogP contribution >= 0.6 is 10.7 Å². The maximum absolute atomic E-state index is 13.6. The van der Waals surface area contributed by atoms with E-state index in [1.807, 2.05) is 24.3 Å². The highest BCUT2D eigenvalue weighted by molar-refractivity contribution is 8.16. The first-order valence-corrected chi connectivity index (χ1v) is 15.8. The molecule has 2 aliphatic rings. The molecule has 5 heteroatoms. The summed E-state index contributed by atoms with van der Waals surface area (Å²) in [6, 6.07) is 35.2. The molecule has 41 heavy (non-hydrogen) atoms. The van der Waals surface area contributed by atoms with Gasteiger partial charge in [0, 0.05) is 22.4 Å². The number of hydrogen-bond acceptors (Lipinski definition) is 2. The molecule has 0 bridgehead atoms. The molecule has 0 radical (unpaired) electrons. The first-order valence-electron chi connectivity index (χ1n) is 14.6. The average Bonchev–Trinajstić information content (AvgIpc) is 3.47. The van der Waals surface area contributed by atoms with Crippen molar-refractivity contribution in [2.24, 2.45) is 5.92 Å². The molecule has 1 fully saturated rings. The van der Waals surface area contributed by atoms with E-state index in [0.29, 0.717) is 5.92 Å². The third-order valence-corrected chi connectivity index (χ3v) is 10.3. The van der Waals surface area contributed by atoms with Gasteiger partial charge in [-0.2, -0.15) is 0 Å². The molecule has 6 rings (SSSR count). The van der Waals surface area contributed by atoms with Crippen LogP contribution in [-0.2, 0) is 0 Å². The van der Waals surface area contributed by atoms with E-state index in [1.54, 1.807) is 0 Å². The molecule has 0 aromatic heterocycles. The Labute approximate surface area is 245 Å². The van der Waals surface area contributed by atoms with E-state index in [1.165, 1.54) is 40.5 Å². The van der Waals surface area contributed by atoms with Gasteiger partial charge in [-0.25, -0.2) is 8.78 Å². The van der Waals surface area contributed by atoms with Gasteiger partial charge in [-0.1, -0.05) is 71.3 Å². The largest absolute Gasteiger partial charge is 0.303 e. The summed E-state index contributed by atoms with van der Waals surface area (Å²) in [6.45, 7) is 3.20. The van der Waals surface area contributed by atoms with Crippen LogP contribution < -0.4 is 4.31 Å². The molecule has 0 amide bonds. The van der Waals surface area contributed by atoms with Crippen molar-refractivity contribution in [3.05, 3.63) is 144 Å². The fourth-order valence-corrected chi connectivity index (χ4v) is 8.12. The van der Waals surface area contributed by atoms with Gasteiger partial charge >= 0.3 is 0 Å². The van der Waals surface area contributed by atoms with E-state index < -0.39 is 0 Å². The molecule has 2 nitrogen and oxygen atoms in total. The summed E-state index contributed by atoms with van der Waals surface area (Å²) in [6.07, 6.45) is 6.65. The third kappa shape index (κ3) is 6.52. The second kappa shape index (κ2) is 13.0. The molecule has 2 aliphatic heterocycles. The van der Waals surface area contributed by atoms with Crippen molar-refractivity contribution in [1.82, 2.24) is 4.90 Å². The Morgan fingerprint density at radius 1 is 0.707 bits per heavy atom. The second-order valence-corrected chi connectivity index (χ2v) is 12.6. The van der Waals surface area contributed by atoms with Crippen molar-refractivity contribution in [3.63, 3.8) is 0 Å². The predicted molar refractivity (Wildman–Crippen MR) is 168 cm³/mol. The van der Waals surface area contributed by atoms with Gasteiger partial charge in [0.25, 0.3) is 0 Å². The van der Waals surface area contributed by atoms with Crippen LogP contribution in [0.15, 0.2) is 126 Å². The maximum atomic E-state index is 13.6. The number of piperidine rings is 1. The van der Waals surface area contributed by atoms with E-state index in [9.17, 15) is 8.78 Å². The molecular formula is C36H36F2N2S. The van der Waals surface area contributed by atoms with Crippen LogP contribution in [0.2, 0.25) is 0 Å². The predicted octanol–water partition coefficient (Wildman–Crippen LogP) is 9.04. The Bertz CT molecular complexity index is 1430. The van der Waals surface area contributed by atoms with E-state index in [4.69, 9.17) is 0 Å². The van der Waals surface area contributed by atoms with Crippen LogP contribution in [0, 0.1) is 17.6 Å². The molecule has 4 aromatic carbocycles. The first kappa shape index (κ1) is 27.6. The maximum Gasteiger partial charge on any atom is 0.123 e. The smallest absolute Gasteiger partial charge is 0.123 e. The monoisotopic (exact) mass is 566 g/mol. The third-order valence-electron chi connectivity index (χ3n) is 8.29. The summed E-state index contributed by atoms with van der Waals surface area (Å²) >= 11 is 0. The molecule has 1 unspecified atom stereocenters. The van der Waals surface area contributed by atoms with E-state index in [2.05, 4.69) is 81.3 Å². The number of benzene rings is 4. The number of nitrogens with zero attached hydrogens (tertiary/aromatic N) is 2. The Balaban J connectivity index is 1.08. The topological polar surface area (TPSA) is 6.48 Å². The average molecular weight is 567 g/mol. The van der Waals surface area contributed by atoms with E-state index >= 15 is 0 Å². The van der Waals surface area contributed by atoms with Crippen molar-refractivity contribution >= 4 is 21.7 Å².